The number of hydrogen-bond acceptors (Lipinski definition) is 5. The number of hydrogen-bond donors (Lipinski definition) is 1. The molecule has 0 fully saturated rings. The average Bonchev–Trinajstić information content (AvgIpc) is 2.77. The fourth-order valence-electron chi connectivity index (χ4n) is 1.34. The summed E-state index contributed by atoms with van der Waals surface area (Å²) in [5, 5.41) is 4.44. The lowest BCUT2D eigenvalue weighted by Gasteiger charge is -2.23. The SMILES string of the molecule is CC(C)(C)[C@@H](N)c1nc(-c2ccc(Cl)cn2)no1. The normalized spacial score (nSPS) is 13.6. The summed E-state index contributed by atoms with van der Waals surface area (Å²) >= 11 is 5.77. The predicted octanol–water partition coefficient (Wildman–Crippen LogP) is 2.83. The molecule has 5 nitrogen and oxygen atoms in total. The molecule has 0 aliphatic carbocycles. The van der Waals surface area contributed by atoms with Crippen LogP contribution in [0.15, 0.2) is 22.9 Å². The molecule has 96 valence electrons. The number of nitrogens with zero attached hydrogens (tertiary/aromatic N) is 3. The molecule has 0 bridgehead atoms. The molecular formula is C12H15ClN4O. The van der Waals surface area contributed by atoms with Crippen molar-refractivity contribution in [3.8, 4) is 11.5 Å². The van der Waals surface area contributed by atoms with Gasteiger partial charge in [0.15, 0.2) is 0 Å². The zero-order valence-corrected chi connectivity index (χ0v) is 11.3. The molecular weight excluding hydrogens is 252 g/mol. The van der Waals surface area contributed by atoms with E-state index < -0.39 is 0 Å². The van der Waals surface area contributed by atoms with Crippen LogP contribution in [0.2, 0.25) is 5.02 Å². The van der Waals surface area contributed by atoms with Gasteiger partial charge in [-0.1, -0.05) is 37.5 Å². The third-order valence-electron chi connectivity index (χ3n) is 2.60. The zero-order chi connectivity index (χ0) is 13.3. The third kappa shape index (κ3) is 2.68. The third-order valence-corrected chi connectivity index (χ3v) is 2.82. The van der Waals surface area contributed by atoms with Crippen LogP contribution in [0.4, 0.5) is 0 Å². The molecule has 0 aromatic carbocycles. The Balaban J connectivity index is 2.28. The maximum absolute atomic E-state index is 6.05. The minimum absolute atomic E-state index is 0.142. The molecule has 2 aromatic heterocycles. The van der Waals surface area contributed by atoms with Gasteiger partial charge in [0.2, 0.25) is 11.7 Å². The van der Waals surface area contributed by atoms with Gasteiger partial charge in [-0.15, -0.1) is 0 Å². The summed E-state index contributed by atoms with van der Waals surface area (Å²) in [5.74, 6) is 0.829. The van der Waals surface area contributed by atoms with E-state index >= 15 is 0 Å². The molecule has 18 heavy (non-hydrogen) atoms. The van der Waals surface area contributed by atoms with Crippen molar-refractivity contribution in [3.63, 3.8) is 0 Å². The van der Waals surface area contributed by atoms with Gasteiger partial charge in [0.25, 0.3) is 0 Å². The van der Waals surface area contributed by atoms with E-state index in [2.05, 4.69) is 15.1 Å². The number of nitrogens with two attached hydrogens (primary N) is 1. The van der Waals surface area contributed by atoms with Gasteiger partial charge in [0.1, 0.15) is 5.69 Å². The van der Waals surface area contributed by atoms with E-state index in [0.717, 1.165) is 0 Å². The Morgan fingerprint density at radius 3 is 2.61 bits per heavy atom. The molecule has 2 aromatic rings. The molecule has 0 spiro atoms. The van der Waals surface area contributed by atoms with E-state index in [1.54, 1.807) is 12.1 Å². The topological polar surface area (TPSA) is 77.8 Å². The molecule has 2 heterocycles. The van der Waals surface area contributed by atoms with Gasteiger partial charge in [0, 0.05) is 6.20 Å². The largest absolute Gasteiger partial charge is 0.337 e. The number of halogens is 1. The quantitative estimate of drug-likeness (QED) is 0.904. The lowest BCUT2D eigenvalue weighted by atomic mass is 9.87. The van der Waals surface area contributed by atoms with E-state index in [9.17, 15) is 0 Å². The summed E-state index contributed by atoms with van der Waals surface area (Å²) in [6.07, 6.45) is 1.54. The smallest absolute Gasteiger partial charge is 0.244 e. The minimum atomic E-state index is -0.314. The van der Waals surface area contributed by atoms with E-state index in [1.165, 1.54) is 6.20 Å². The van der Waals surface area contributed by atoms with Crippen LogP contribution in [0.3, 0.4) is 0 Å². The van der Waals surface area contributed by atoms with E-state index in [1.807, 2.05) is 20.8 Å². The Labute approximate surface area is 110 Å². The molecule has 0 saturated carbocycles. The van der Waals surface area contributed by atoms with Gasteiger partial charge < -0.3 is 10.3 Å². The van der Waals surface area contributed by atoms with Gasteiger partial charge in [-0.05, 0) is 17.5 Å². The van der Waals surface area contributed by atoms with Gasteiger partial charge >= 0.3 is 0 Å². The number of rotatable bonds is 2. The highest BCUT2D eigenvalue weighted by atomic mass is 35.5. The first-order valence-corrected chi connectivity index (χ1v) is 5.97. The summed E-state index contributed by atoms with van der Waals surface area (Å²) in [6.45, 7) is 6.05. The van der Waals surface area contributed by atoms with Crippen LogP contribution in [0, 0.1) is 5.41 Å². The predicted molar refractivity (Wildman–Crippen MR) is 68.9 cm³/mol. The van der Waals surface area contributed by atoms with Crippen molar-refractivity contribution in [2.24, 2.45) is 11.1 Å². The fourth-order valence-corrected chi connectivity index (χ4v) is 1.46. The monoisotopic (exact) mass is 266 g/mol. The molecule has 2 N–H and O–H groups in total. The molecule has 2 rings (SSSR count). The standard InChI is InChI=1S/C12H15ClN4O/c1-12(2,3)9(14)11-16-10(17-18-11)8-5-4-7(13)6-15-8/h4-6,9H,14H2,1-3H3/t9-/m0/s1. The van der Waals surface area contributed by atoms with Crippen molar-refractivity contribution in [3.05, 3.63) is 29.2 Å². The molecule has 0 aliphatic rings. The van der Waals surface area contributed by atoms with E-state index in [-0.39, 0.29) is 11.5 Å². The second-order valence-electron chi connectivity index (χ2n) is 5.16. The van der Waals surface area contributed by atoms with Crippen molar-refractivity contribution < 1.29 is 4.52 Å². The summed E-state index contributed by atoms with van der Waals surface area (Å²) in [5.41, 5.74) is 6.52. The summed E-state index contributed by atoms with van der Waals surface area (Å²) in [7, 11) is 0. The van der Waals surface area contributed by atoms with Gasteiger partial charge in [-0.25, -0.2) is 0 Å². The minimum Gasteiger partial charge on any atom is -0.337 e. The Morgan fingerprint density at radius 1 is 1.33 bits per heavy atom. The van der Waals surface area contributed by atoms with Crippen LogP contribution in [0.1, 0.15) is 32.7 Å². The van der Waals surface area contributed by atoms with Crippen molar-refractivity contribution in [1.29, 1.82) is 0 Å². The molecule has 0 radical (unpaired) electrons. The van der Waals surface area contributed by atoms with Gasteiger partial charge in [-0.2, -0.15) is 4.98 Å². The molecule has 1 atom stereocenters. The van der Waals surface area contributed by atoms with E-state index in [4.69, 9.17) is 21.9 Å². The second-order valence-corrected chi connectivity index (χ2v) is 5.60. The Morgan fingerprint density at radius 2 is 2.06 bits per heavy atom. The van der Waals surface area contributed by atoms with Gasteiger partial charge in [-0.3, -0.25) is 4.98 Å². The van der Waals surface area contributed by atoms with Crippen LogP contribution in [0.25, 0.3) is 11.5 Å². The highest BCUT2D eigenvalue weighted by Crippen LogP contribution is 2.30. The molecule has 0 saturated heterocycles. The lowest BCUT2D eigenvalue weighted by Crippen LogP contribution is -2.26. The lowest BCUT2D eigenvalue weighted by molar-refractivity contribution is 0.253. The fraction of sp³-hybridized carbons (Fsp3) is 0.417. The maximum Gasteiger partial charge on any atom is 0.244 e. The summed E-state index contributed by atoms with van der Waals surface area (Å²) in [6, 6.07) is 3.15. The highest BCUT2D eigenvalue weighted by molar-refractivity contribution is 6.30. The number of pyridine rings is 1. The van der Waals surface area contributed by atoms with Crippen molar-refractivity contribution in [2.45, 2.75) is 26.8 Å². The first-order chi connectivity index (χ1) is 8.38. The molecule has 6 heteroatoms. The maximum atomic E-state index is 6.05. The first-order valence-electron chi connectivity index (χ1n) is 5.59. The van der Waals surface area contributed by atoms with Crippen LogP contribution < -0.4 is 5.73 Å². The summed E-state index contributed by atoms with van der Waals surface area (Å²) < 4.78 is 5.18. The van der Waals surface area contributed by atoms with Crippen molar-refractivity contribution in [1.82, 2.24) is 15.1 Å². The van der Waals surface area contributed by atoms with Crippen LogP contribution in [-0.2, 0) is 0 Å². The van der Waals surface area contributed by atoms with Crippen molar-refractivity contribution >= 4 is 11.6 Å². The van der Waals surface area contributed by atoms with Crippen LogP contribution in [-0.4, -0.2) is 15.1 Å². The Bertz CT molecular complexity index is 530. The first kappa shape index (κ1) is 13.0. The molecule has 0 amide bonds. The Kier molecular flexibility index (Phi) is 3.36. The Hall–Kier alpha value is -1.46. The zero-order valence-electron chi connectivity index (χ0n) is 10.5. The number of aromatic nitrogens is 3. The molecule has 0 aliphatic heterocycles. The summed E-state index contributed by atoms with van der Waals surface area (Å²) in [4.78, 5) is 8.39. The average molecular weight is 267 g/mol. The second kappa shape index (κ2) is 4.66. The van der Waals surface area contributed by atoms with Crippen LogP contribution in [0.5, 0.6) is 0 Å². The highest BCUT2D eigenvalue weighted by Gasteiger charge is 2.27. The van der Waals surface area contributed by atoms with Gasteiger partial charge in [0.05, 0.1) is 11.1 Å². The van der Waals surface area contributed by atoms with E-state index in [0.29, 0.717) is 22.4 Å². The molecule has 0 unspecified atom stereocenters. The van der Waals surface area contributed by atoms with Crippen molar-refractivity contribution in [2.75, 3.05) is 0 Å². The van der Waals surface area contributed by atoms with Crippen LogP contribution >= 0.6 is 11.6 Å².